The zero-order valence-corrected chi connectivity index (χ0v) is 32.3. The van der Waals surface area contributed by atoms with Gasteiger partial charge in [0.25, 0.3) is 0 Å². The maximum Gasteiger partial charge on any atom is 0.136 e. The summed E-state index contributed by atoms with van der Waals surface area (Å²) in [7, 11) is 0. The molecule has 9 aromatic carbocycles. The lowest BCUT2D eigenvalue weighted by atomic mass is 10.00. The van der Waals surface area contributed by atoms with E-state index in [1.165, 1.54) is 31.3 Å². The van der Waals surface area contributed by atoms with Crippen LogP contribution in [-0.2, 0) is 0 Å². The molecule has 274 valence electrons. The molecule has 0 amide bonds. The van der Waals surface area contributed by atoms with E-state index in [0.717, 1.165) is 67.2 Å². The third kappa shape index (κ3) is 6.08. The van der Waals surface area contributed by atoms with E-state index < -0.39 is 0 Å². The third-order valence-electron chi connectivity index (χ3n) is 11.0. The zero-order chi connectivity index (χ0) is 38.4. The van der Waals surface area contributed by atoms with Crippen LogP contribution in [0, 0.1) is 0 Å². The zero-order valence-electron chi connectivity index (χ0n) is 31.5. The van der Waals surface area contributed by atoms with Crippen molar-refractivity contribution in [2.45, 2.75) is 0 Å². The molecule has 11 rings (SSSR count). The molecule has 0 aliphatic heterocycles. The van der Waals surface area contributed by atoms with E-state index in [-0.39, 0.29) is 0 Å². The molecule has 2 aromatic heterocycles. The number of para-hydroxylation sites is 3. The molecular weight excluding hydrogens is 725 g/mol. The minimum absolute atomic E-state index is 0.872. The smallest absolute Gasteiger partial charge is 0.136 e. The number of hydrogen-bond donors (Lipinski definition) is 0. The van der Waals surface area contributed by atoms with Crippen LogP contribution in [0.3, 0.4) is 0 Å². The Bertz CT molecular complexity index is 3220. The van der Waals surface area contributed by atoms with Gasteiger partial charge in [-0.15, -0.1) is 11.3 Å². The molecule has 0 aliphatic rings. The van der Waals surface area contributed by atoms with Crippen LogP contribution in [0.1, 0.15) is 0 Å². The summed E-state index contributed by atoms with van der Waals surface area (Å²) >= 11 is 1.84. The normalized spacial score (nSPS) is 11.4. The maximum atomic E-state index is 6.44. The van der Waals surface area contributed by atoms with Crippen LogP contribution in [0.15, 0.2) is 223 Å². The van der Waals surface area contributed by atoms with Gasteiger partial charge < -0.3 is 14.2 Å². The van der Waals surface area contributed by atoms with Gasteiger partial charge in [-0.1, -0.05) is 127 Å². The lowest BCUT2D eigenvalue weighted by molar-refractivity contribution is 0.669. The largest absolute Gasteiger partial charge is 0.456 e. The lowest BCUT2D eigenvalue weighted by Gasteiger charge is -2.30. The Hall–Kier alpha value is -7.40. The summed E-state index contributed by atoms with van der Waals surface area (Å²) < 4.78 is 9.00. The summed E-state index contributed by atoms with van der Waals surface area (Å²) in [6.07, 6.45) is 0. The predicted molar refractivity (Wildman–Crippen MR) is 247 cm³/mol. The van der Waals surface area contributed by atoms with E-state index in [2.05, 4.69) is 216 Å². The fourth-order valence-corrected chi connectivity index (χ4v) is 9.40. The Morgan fingerprint density at radius 1 is 0.276 bits per heavy atom. The molecule has 0 atom stereocenters. The minimum Gasteiger partial charge on any atom is -0.456 e. The highest BCUT2D eigenvalue weighted by Gasteiger charge is 2.21. The van der Waals surface area contributed by atoms with Gasteiger partial charge in [0, 0.05) is 65.1 Å². The molecular formula is C54H36N2OS. The summed E-state index contributed by atoms with van der Waals surface area (Å²) in [6, 6.07) is 78.2. The van der Waals surface area contributed by atoms with Gasteiger partial charge in [-0.05, 0) is 113 Å². The van der Waals surface area contributed by atoms with Crippen molar-refractivity contribution in [1.29, 1.82) is 0 Å². The first-order valence-corrected chi connectivity index (χ1v) is 20.4. The topological polar surface area (TPSA) is 19.6 Å². The van der Waals surface area contributed by atoms with E-state index >= 15 is 0 Å². The lowest BCUT2D eigenvalue weighted by Crippen LogP contribution is -2.13. The van der Waals surface area contributed by atoms with Gasteiger partial charge in [0.05, 0.1) is 0 Å². The highest BCUT2D eigenvalue weighted by atomic mass is 32.1. The van der Waals surface area contributed by atoms with Gasteiger partial charge in [-0.25, -0.2) is 0 Å². The molecule has 0 unspecified atom stereocenters. The van der Waals surface area contributed by atoms with Crippen LogP contribution in [0.2, 0.25) is 0 Å². The van der Waals surface area contributed by atoms with E-state index in [4.69, 9.17) is 4.42 Å². The van der Waals surface area contributed by atoms with Crippen LogP contribution < -0.4 is 9.80 Å². The summed E-state index contributed by atoms with van der Waals surface area (Å²) in [6.45, 7) is 0. The summed E-state index contributed by atoms with van der Waals surface area (Å²) in [4.78, 5) is 4.75. The summed E-state index contributed by atoms with van der Waals surface area (Å²) in [5.74, 6) is 0. The van der Waals surface area contributed by atoms with Crippen molar-refractivity contribution >= 4 is 87.6 Å². The van der Waals surface area contributed by atoms with Crippen LogP contribution in [0.4, 0.5) is 34.1 Å². The first kappa shape index (κ1) is 33.9. The molecule has 0 saturated heterocycles. The van der Waals surface area contributed by atoms with E-state index in [1.54, 1.807) is 0 Å². The number of benzene rings is 9. The average Bonchev–Trinajstić information content (AvgIpc) is 3.85. The van der Waals surface area contributed by atoms with Gasteiger partial charge >= 0.3 is 0 Å². The Balaban J connectivity index is 1.14. The first-order valence-electron chi connectivity index (χ1n) is 19.6. The third-order valence-corrected chi connectivity index (χ3v) is 12.1. The van der Waals surface area contributed by atoms with Crippen molar-refractivity contribution in [2.75, 3.05) is 9.80 Å². The van der Waals surface area contributed by atoms with Crippen molar-refractivity contribution in [2.24, 2.45) is 0 Å². The van der Waals surface area contributed by atoms with Gasteiger partial charge in [0.2, 0.25) is 0 Å². The molecule has 4 heteroatoms. The number of nitrogens with zero attached hydrogens (tertiary/aromatic N) is 2. The Kier molecular flexibility index (Phi) is 8.34. The molecule has 11 aromatic rings. The number of thiophene rings is 1. The molecule has 0 fully saturated rings. The number of anilines is 6. The van der Waals surface area contributed by atoms with Gasteiger partial charge in [-0.2, -0.15) is 0 Å². The number of fused-ring (bicyclic) bond motifs is 6. The fraction of sp³-hybridized carbons (Fsp3) is 0. The predicted octanol–water partition coefficient (Wildman–Crippen LogP) is 16.2. The molecule has 58 heavy (non-hydrogen) atoms. The summed E-state index contributed by atoms with van der Waals surface area (Å²) in [5.41, 5.74) is 12.7. The second-order valence-electron chi connectivity index (χ2n) is 14.6. The highest BCUT2D eigenvalue weighted by Crippen LogP contribution is 2.45. The summed E-state index contributed by atoms with van der Waals surface area (Å²) in [5, 5.41) is 4.81. The van der Waals surface area contributed by atoms with Crippen LogP contribution in [0.25, 0.3) is 64.4 Å². The van der Waals surface area contributed by atoms with Crippen molar-refractivity contribution in [3.8, 4) is 22.3 Å². The fourth-order valence-electron chi connectivity index (χ4n) is 8.26. The molecule has 0 saturated carbocycles. The van der Waals surface area contributed by atoms with Gasteiger partial charge in [0.1, 0.15) is 11.2 Å². The molecule has 0 spiro atoms. The Morgan fingerprint density at radius 3 is 1.50 bits per heavy atom. The maximum absolute atomic E-state index is 6.44. The SMILES string of the molecule is c1ccc(-c2ccc(N(c3ccccc3)c3cc(-c4ccc5c(c4)oc4ccccc45)cc(N(c4ccccc4)c4ccc5c(c4)sc4ccccc45)c3)cc2)cc1. The average molecular weight is 761 g/mol. The number of rotatable bonds is 8. The molecule has 2 heterocycles. The van der Waals surface area contributed by atoms with Crippen molar-refractivity contribution < 1.29 is 4.42 Å². The first-order chi connectivity index (χ1) is 28.7. The highest BCUT2D eigenvalue weighted by molar-refractivity contribution is 7.25. The van der Waals surface area contributed by atoms with E-state index in [0.29, 0.717) is 0 Å². The Labute approximate surface area is 340 Å². The van der Waals surface area contributed by atoms with E-state index in [9.17, 15) is 0 Å². The monoisotopic (exact) mass is 760 g/mol. The van der Waals surface area contributed by atoms with Gasteiger partial charge in [0.15, 0.2) is 0 Å². The molecule has 0 radical (unpaired) electrons. The second-order valence-corrected chi connectivity index (χ2v) is 15.7. The van der Waals surface area contributed by atoms with Crippen molar-refractivity contribution in [1.82, 2.24) is 0 Å². The molecule has 0 N–H and O–H groups in total. The van der Waals surface area contributed by atoms with Crippen molar-refractivity contribution in [3.63, 3.8) is 0 Å². The second kappa shape index (κ2) is 14.3. The Morgan fingerprint density at radius 2 is 0.776 bits per heavy atom. The molecule has 3 nitrogen and oxygen atoms in total. The number of hydrogen-bond acceptors (Lipinski definition) is 4. The number of furan rings is 1. The quantitative estimate of drug-likeness (QED) is 0.154. The van der Waals surface area contributed by atoms with Crippen LogP contribution >= 0.6 is 11.3 Å². The standard InChI is InChI=1S/C54H36N2OS/c1-4-14-37(15-5-1)38-24-27-43(28-25-38)55(41-16-6-2-7-17-41)45-32-40(39-26-30-48-47-20-10-12-22-51(47)57-52(48)34-39)33-46(35-45)56(42-18-8-3-9-19-42)44-29-31-50-49-21-11-13-23-53(49)58-54(50)36-44/h1-36H. The van der Waals surface area contributed by atoms with Crippen LogP contribution in [0.5, 0.6) is 0 Å². The van der Waals surface area contributed by atoms with Gasteiger partial charge in [-0.3, -0.25) is 0 Å². The van der Waals surface area contributed by atoms with Crippen LogP contribution in [-0.4, -0.2) is 0 Å². The molecule has 0 aliphatic carbocycles. The van der Waals surface area contributed by atoms with E-state index in [1.807, 2.05) is 23.5 Å². The minimum atomic E-state index is 0.872. The molecule has 0 bridgehead atoms. The van der Waals surface area contributed by atoms with Crippen molar-refractivity contribution in [3.05, 3.63) is 218 Å².